The summed E-state index contributed by atoms with van der Waals surface area (Å²) in [5.41, 5.74) is 6.34. The zero-order valence-electron chi connectivity index (χ0n) is 24.8. The minimum Gasteiger partial charge on any atom is -0.338 e. The van der Waals surface area contributed by atoms with Crippen molar-refractivity contribution in [3.05, 3.63) is 71.7 Å². The third-order valence-corrected chi connectivity index (χ3v) is 7.01. The maximum Gasteiger partial charge on any atom is 0.312 e. The van der Waals surface area contributed by atoms with Crippen molar-refractivity contribution in [1.82, 2.24) is 19.7 Å². The molecule has 0 fully saturated rings. The lowest BCUT2D eigenvalue weighted by Crippen LogP contribution is -3.02. The number of amides is 2. The van der Waals surface area contributed by atoms with Crippen molar-refractivity contribution in [2.24, 2.45) is 17.6 Å². The smallest absolute Gasteiger partial charge is 0.312 e. The second kappa shape index (κ2) is 10.1. The van der Waals surface area contributed by atoms with Crippen LogP contribution < -0.4 is 15.6 Å². The Bertz CT molecular complexity index is 1710. The lowest BCUT2D eigenvalue weighted by atomic mass is 9.90. The van der Waals surface area contributed by atoms with E-state index >= 15 is 0 Å². The topological polar surface area (TPSA) is 122 Å². The Labute approximate surface area is 239 Å². The number of nitrogens with one attached hydrogen (secondary N) is 4. The van der Waals surface area contributed by atoms with Crippen LogP contribution in [0.4, 0.5) is 11.4 Å². The molecular weight excluding hydrogens is 516 g/mol. The van der Waals surface area contributed by atoms with Gasteiger partial charge in [-0.15, -0.1) is 0 Å². The molecule has 2 aromatic heterocycles. The Hall–Kier alpha value is -4.57. The fourth-order valence-corrected chi connectivity index (χ4v) is 4.50. The van der Waals surface area contributed by atoms with Crippen LogP contribution in [0.25, 0.3) is 22.4 Å². The molecule has 3 heterocycles. The summed E-state index contributed by atoms with van der Waals surface area (Å²) in [4.78, 5) is 33.9. The number of nitrogens with zero attached hydrogens (tertiary/aromatic N) is 4. The lowest BCUT2D eigenvalue weighted by Gasteiger charge is -2.13. The fourth-order valence-electron chi connectivity index (χ4n) is 4.50. The monoisotopic (exact) mass is 553 g/mol. The number of imidazole rings is 1. The van der Waals surface area contributed by atoms with E-state index in [9.17, 15) is 9.59 Å². The Balaban J connectivity index is 1.28. The van der Waals surface area contributed by atoms with E-state index in [-0.39, 0.29) is 22.6 Å². The molecule has 0 saturated carbocycles. The van der Waals surface area contributed by atoms with Gasteiger partial charge in [-0.2, -0.15) is 10.1 Å². The molecule has 0 spiro atoms. The van der Waals surface area contributed by atoms with Crippen molar-refractivity contribution in [1.29, 1.82) is 0 Å². The quantitative estimate of drug-likeness (QED) is 0.295. The van der Waals surface area contributed by atoms with Crippen molar-refractivity contribution < 1.29 is 14.6 Å². The van der Waals surface area contributed by atoms with E-state index in [1.807, 2.05) is 61.7 Å². The highest BCUT2D eigenvalue weighted by molar-refractivity contribution is 6.10. The van der Waals surface area contributed by atoms with Gasteiger partial charge in [-0.05, 0) is 48.5 Å². The Morgan fingerprint density at radius 2 is 1.54 bits per heavy atom. The van der Waals surface area contributed by atoms with Crippen LogP contribution in [-0.4, -0.2) is 44.3 Å². The number of aromatic nitrogens is 4. The maximum atomic E-state index is 13.0. The predicted octanol–water partition coefficient (Wildman–Crippen LogP) is 4.27. The van der Waals surface area contributed by atoms with Crippen molar-refractivity contribution >= 4 is 39.9 Å². The number of allylic oxidation sites excluding steroid dienone is 1. The molecular formula is C31H37N8O2+. The second-order valence-electron chi connectivity index (χ2n) is 12.5. The molecule has 212 valence electrons. The first-order valence-corrected chi connectivity index (χ1v) is 13.6. The van der Waals surface area contributed by atoms with Gasteiger partial charge in [0.2, 0.25) is 5.70 Å². The van der Waals surface area contributed by atoms with Crippen molar-refractivity contribution in [2.45, 2.75) is 47.0 Å². The number of benzene rings is 2. The van der Waals surface area contributed by atoms with Gasteiger partial charge in [-0.25, -0.2) is 4.98 Å². The van der Waals surface area contributed by atoms with E-state index < -0.39 is 0 Å². The van der Waals surface area contributed by atoms with Gasteiger partial charge in [-0.1, -0.05) is 46.6 Å². The number of aromatic amines is 1. The number of hydrogen-bond donors (Lipinski definition) is 4. The summed E-state index contributed by atoms with van der Waals surface area (Å²) in [6.07, 6.45) is 1.86. The van der Waals surface area contributed by atoms with Crippen LogP contribution in [0.2, 0.25) is 0 Å². The van der Waals surface area contributed by atoms with Crippen molar-refractivity contribution in [3.63, 3.8) is 0 Å². The van der Waals surface area contributed by atoms with Crippen LogP contribution in [0.15, 0.2) is 65.4 Å². The number of likely N-dealkylation sites (N-methyl/N-ethyl adjacent to an activating group) is 1. The number of carbonyl (C=O) groups is 2. The van der Waals surface area contributed by atoms with Gasteiger partial charge >= 0.3 is 5.91 Å². The first-order chi connectivity index (χ1) is 19.2. The van der Waals surface area contributed by atoms with E-state index in [4.69, 9.17) is 4.98 Å². The Kier molecular flexibility index (Phi) is 6.90. The average Bonchev–Trinajstić information content (AvgIpc) is 3.60. The molecule has 1 aliphatic rings. The van der Waals surface area contributed by atoms with Crippen LogP contribution in [0, 0.1) is 5.41 Å². The summed E-state index contributed by atoms with van der Waals surface area (Å²) >= 11 is 0. The number of anilines is 2. The van der Waals surface area contributed by atoms with Gasteiger partial charge in [0.05, 0.1) is 23.8 Å². The molecule has 10 nitrogen and oxygen atoms in total. The molecule has 4 N–H and O–H groups in total. The molecule has 0 aliphatic carbocycles. The zero-order chi connectivity index (χ0) is 29.7. The van der Waals surface area contributed by atoms with Gasteiger partial charge in [0.15, 0.2) is 0 Å². The van der Waals surface area contributed by atoms with Gasteiger partial charge in [0.25, 0.3) is 5.91 Å². The molecule has 4 aromatic rings. The SMILES string of the molecule is Cn1nc(C(C)(C)C)cc1C(=O)Nc1ccc(-c2nc3ccc(NC(=O)C4=CC(C(C)(C)C)=N[NH+]4C)cc3[nH]2)cc1. The van der Waals surface area contributed by atoms with Crippen molar-refractivity contribution in [2.75, 3.05) is 17.7 Å². The first kappa shape index (κ1) is 28.0. The van der Waals surface area contributed by atoms with Crippen LogP contribution in [-0.2, 0) is 17.3 Å². The minimum absolute atomic E-state index is 0.131. The number of hydrogen-bond acceptors (Lipinski definition) is 5. The maximum absolute atomic E-state index is 13.0. The summed E-state index contributed by atoms with van der Waals surface area (Å²) in [6.45, 7) is 12.4. The molecule has 0 radical (unpaired) electrons. The molecule has 1 unspecified atom stereocenters. The molecule has 2 aromatic carbocycles. The van der Waals surface area contributed by atoms with Crippen LogP contribution in [0.3, 0.4) is 0 Å². The third-order valence-electron chi connectivity index (χ3n) is 7.01. The van der Waals surface area contributed by atoms with Gasteiger partial charge < -0.3 is 15.6 Å². The Morgan fingerprint density at radius 1 is 0.878 bits per heavy atom. The molecule has 0 bridgehead atoms. The summed E-state index contributed by atoms with van der Waals surface area (Å²) in [5, 5.41) is 15.7. The predicted molar refractivity (Wildman–Crippen MR) is 162 cm³/mol. The molecule has 2 amide bonds. The van der Waals surface area contributed by atoms with E-state index in [0.717, 1.165) is 28.0 Å². The third kappa shape index (κ3) is 5.83. The van der Waals surface area contributed by atoms with E-state index in [0.29, 0.717) is 33.6 Å². The standard InChI is InChI=1S/C31H36N8O2/c1-30(2,3)25-16-23(38(7)36-25)28(40)32-19-11-9-18(10-12-19)27-34-21-14-13-20(15-22(21)35-27)33-29(41)24-17-26(31(4,5)6)37-39(24)8/h9-17H,1-8H3,(H,32,40)(H,33,41)(H,34,35)/p+1. The fraction of sp³-hybridized carbons (Fsp3) is 0.323. The largest absolute Gasteiger partial charge is 0.338 e. The normalized spacial score (nSPS) is 15.6. The molecule has 1 atom stereocenters. The lowest BCUT2D eigenvalue weighted by molar-refractivity contribution is -0.838. The molecule has 1 aliphatic heterocycles. The van der Waals surface area contributed by atoms with E-state index in [2.05, 4.69) is 67.4 Å². The highest BCUT2D eigenvalue weighted by atomic mass is 16.2. The van der Waals surface area contributed by atoms with Crippen LogP contribution >= 0.6 is 0 Å². The molecule has 0 saturated heterocycles. The zero-order valence-corrected chi connectivity index (χ0v) is 24.8. The second-order valence-corrected chi connectivity index (χ2v) is 12.5. The van der Waals surface area contributed by atoms with Crippen LogP contribution in [0.1, 0.15) is 57.7 Å². The Morgan fingerprint density at radius 3 is 2.15 bits per heavy atom. The summed E-state index contributed by atoms with van der Waals surface area (Å²) in [7, 11) is 3.63. The van der Waals surface area contributed by atoms with Gasteiger partial charge in [-0.3, -0.25) is 14.3 Å². The number of rotatable bonds is 5. The first-order valence-electron chi connectivity index (χ1n) is 13.6. The van der Waals surface area contributed by atoms with Gasteiger partial charge in [0, 0.05) is 40.9 Å². The van der Waals surface area contributed by atoms with Crippen LogP contribution in [0.5, 0.6) is 0 Å². The van der Waals surface area contributed by atoms with Gasteiger partial charge in [0.1, 0.15) is 17.2 Å². The average molecular weight is 554 g/mol. The highest BCUT2D eigenvalue weighted by Crippen LogP contribution is 2.26. The summed E-state index contributed by atoms with van der Waals surface area (Å²) < 4.78 is 1.61. The number of aryl methyl sites for hydroxylation is 1. The highest BCUT2D eigenvalue weighted by Gasteiger charge is 2.32. The summed E-state index contributed by atoms with van der Waals surface area (Å²) in [5.74, 6) is 0.278. The number of carbonyl (C=O) groups excluding carboxylic acids is 2. The molecule has 5 rings (SSSR count). The van der Waals surface area contributed by atoms with E-state index in [1.54, 1.807) is 11.7 Å². The minimum atomic E-state index is -0.219. The molecule has 41 heavy (non-hydrogen) atoms. The number of H-pyrrole nitrogens is 1. The summed E-state index contributed by atoms with van der Waals surface area (Å²) in [6, 6.07) is 14.9. The van der Waals surface area contributed by atoms with E-state index in [1.165, 1.54) is 0 Å². The number of quaternary nitrogens is 1. The number of fused-ring (bicyclic) bond motifs is 1. The molecule has 10 heteroatoms. The van der Waals surface area contributed by atoms with Crippen molar-refractivity contribution in [3.8, 4) is 11.4 Å².